The number of rotatable bonds is 5. The number of benzene rings is 1. The Labute approximate surface area is 157 Å². The molecule has 2 aromatic rings. The van der Waals surface area contributed by atoms with Gasteiger partial charge in [-0.1, -0.05) is 38.0 Å². The minimum atomic E-state index is -0.762. The van der Waals surface area contributed by atoms with Gasteiger partial charge in [-0.25, -0.2) is 0 Å². The van der Waals surface area contributed by atoms with Gasteiger partial charge in [0.25, 0.3) is 0 Å². The Morgan fingerprint density at radius 1 is 1.42 bits per heavy atom. The fourth-order valence-corrected chi connectivity index (χ4v) is 5.50. The summed E-state index contributed by atoms with van der Waals surface area (Å²) in [4.78, 5) is 15.5. The van der Waals surface area contributed by atoms with Crippen LogP contribution in [0.4, 0.5) is 0 Å². The average molecular weight is 372 g/mol. The lowest BCUT2D eigenvalue weighted by Gasteiger charge is -2.18. The van der Waals surface area contributed by atoms with Crippen LogP contribution in [0.15, 0.2) is 29.3 Å². The smallest absolute Gasteiger partial charge is 0.303 e. The van der Waals surface area contributed by atoms with Gasteiger partial charge in [0, 0.05) is 17.6 Å². The van der Waals surface area contributed by atoms with Crippen LogP contribution in [0.1, 0.15) is 56.2 Å². The Hall–Kier alpha value is -1.95. The van der Waals surface area contributed by atoms with Crippen molar-refractivity contribution in [1.29, 1.82) is 0 Å². The lowest BCUT2D eigenvalue weighted by atomic mass is 9.89. The van der Waals surface area contributed by atoms with Gasteiger partial charge in [0.15, 0.2) is 0 Å². The molecule has 26 heavy (non-hydrogen) atoms. The van der Waals surface area contributed by atoms with Crippen molar-refractivity contribution in [2.75, 3.05) is 11.6 Å². The van der Waals surface area contributed by atoms with Gasteiger partial charge in [-0.15, -0.1) is 11.8 Å². The van der Waals surface area contributed by atoms with E-state index in [4.69, 9.17) is 15.9 Å². The highest BCUT2D eigenvalue weighted by Crippen LogP contribution is 2.42. The van der Waals surface area contributed by atoms with Crippen molar-refractivity contribution in [3.05, 3.63) is 35.5 Å². The van der Waals surface area contributed by atoms with E-state index in [0.717, 1.165) is 27.4 Å². The molecular weight excluding hydrogens is 346 g/mol. The van der Waals surface area contributed by atoms with E-state index in [1.807, 2.05) is 0 Å². The molecule has 1 aromatic carbocycles. The minimum absolute atomic E-state index is 0.0680. The molecule has 0 saturated heterocycles. The Bertz CT molecular complexity index is 873. The molecule has 2 aliphatic rings. The van der Waals surface area contributed by atoms with E-state index in [1.165, 1.54) is 24.8 Å². The number of hydrogen-bond acceptors (Lipinski definition) is 4. The zero-order valence-corrected chi connectivity index (χ0v) is 15.8. The summed E-state index contributed by atoms with van der Waals surface area (Å²) in [5.41, 5.74) is 3.42. The Morgan fingerprint density at radius 3 is 3.00 bits per heavy atom. The number of para-hydroxylation sites is 1. The summed E-state index contributed by atoms with van der Waals surface area (Å²) >= 11 is 1.68. The number of carbonyl (C=O) groups is 1. The highest BCUT2D eigenvalue weighted by atomic mass is 32.2. The van der Waals surface area contributed by atoms with Gasteiger partial charge in [-0.3, -0.25) is 14.5 Å². The fraction of sp³-hybridized carbons (Fsp3) is 0.500. The highest BCUT2D eigenvalue weighted by molar-refractivity contribution is 8.14. The first-order valence-corrected chi connectivity index (χ1v) is 10.4. The van der Waals surface area contributed by atoms with Gasteiger partial charge in [0.1, 0.15) is 5.04 Å². The second-order valence-corrected chi connectivity index (χ2v) is 8.54. The molecule has 0 radical (unpaired) electrons. The predicted molar refractivity (Wildman–Crippen MR) is 107 cm³/mol. The third-order valence-electron chi connectivity index (χ3n) is 5.77. The van der Waals surface area contributed by atoms with E-state index in [1.54, 1.807) is 16.4 Å². The summed E-state index contributed by atoms with van der Waals surface area (Å²) in [5, 5.41) is 11.0. The van der Waals surface area contributed by atoms with Crippen molar-refractivity contribution in [1.82, 2.24) is 4.68 Å². The first-order chi connectivity index (χ1) is 12.5. The number of thioether (sulfide) groups is 1. The maximum absolute atomic E-state index is 10.8. The van der Waals surface area contributed by atoms with Crippen LogP contribution >= 0.6 is 11.8 Å². The normalized spacial score (nSPS) is 25.7. The summed E-state index contributed by atoms with van der Waals surface area (Å²) < 4.78 is 1.81. The van der Waals surface area contributed by atoms with Crippen LogP contribution in [-0.2, 0) is 4.79 Å². The van der Waals surface area contributed by atoms with E-state index in [0.29, 0.717) is 18.3 Å². The van der Waals surface area contributed by atoms with Crippen molar-refractivity contribution in [2.45, 2.75) is 51.0 Å². The van der Waals surface area contributed by atoms with Crippen molar-refractivity contribution in [3.63, 3.8) is 0 Å². The largest absolute Gasteiger partial charge is 0.481 e. The molecule has 2 heterocycles. The zero-order valence-electron chi connectivity index (χ0n) is 15.0. The number of carboxylic acids is 1. The predicted octanol–water partition coefficient (Wildman–Crippen LogP) is 3.99. The second-order valence-electron chi connectivity index (χ2n) is 7.53. The van der Waals surface area contributed by atoms with Gasteiger partial charge in [-0.2, -0.15) is 0 Å². The number of carboxylic acid groups (broad SMARTS) is 1. The molecule has 1 aliphatic heterocycles. The number of nitrogens with zero attached hydrogens (tertiary/aromatic N) is 2. The van der Waals surface area contributed by atoms with Crippen molar-refractivity contribution in [3.8, 4) is 0 Å². The third kappa shape index (κ3) is 3.11. The molecule has 0 amide bonds. The standard InChI is InChI=1S/C20H25N3O2S/c1-12-4-2-6-15(12)16-7-3-5-13-10-17(23(21)19(13)16)20-22-14(11-26-20)8-9-18(24)25/h3,5,7,10,12,14-15H,2,4,6,8-9,11,21H2,1H3,(H,24,25). The van der Waals surface area contributed by atoms with Crippen molar-refractivity contribution < 1.29 is 9.90 Å². The maximum atomic E-state index is 10.8. The van der Waals surface area contributed by atoms with E-state index in [9.17, 15) is 4.79 Å². The molecule has 3 atom stereocenters. The van der Waals surface area contributed by atoms with Gasteiger partial charge in [0.2, 0.25) is 0 Å². The molecule has 4 rings (SSSR count). The molecule has 1 aromatic heterocycles. The lowest BCUT2D eigenvalue weighted by molar-refractivity contribution is -0.137. The van der Waals surface area contributed by atoms with Gasteiger partial charge >= 0.3 is 5.97 Å². The number of hydrogen-bond donors (Lipinski definition) is 2. The highest BCUT2D eigenvalue weighted by Gasteiger charge is 2.29. The number of aliphatic imine (C=N–C) groups is 1. The molecule has 1 aliphatic carbocycles. The molecule has 5 nitrogen and oxygen atoms in total. The molecule has 1 fully saturated rings. The summed E-state index contributed by atoms with van der Waals surface area (Å²) in [6.45, 7) is 2.34. The van der Waals surface area contributed by atoms with Crippen LogP contribution in [0, 0.1) is 5.92 Å². The van der Waals surface area contributed by atoms with Crippen molar-refractivity contribution in [2.24, 2.45) is 10.9 Å². The van der Waals surface area contributed by atoms with E-state index in [-0.39, 0.29) is 12.5 Å². The quantitative estimate of drug-likeness (QED) is 0.779. The molecule has 3 unspecified atom stereocenters. The summed E-state index contributed by atoms with van der Waals surface area (Å²) in [7, 11) is 0. The molecule has 3 N–H and O–H groups in total. The average Bonchev–Trinajstić information content (AvgIpc) is 3.32. The molecule has 6 heteroatoms. The van der Waals surface area contributed by atoms with Gasteiger partial charge < -0.3 is 10.9 Å². The molecule has 0 spiro atoms. The van der Waals surface area contributed by atoms with E-state index in [2.05, 4.69) is 31.2 Å². The summed E-state index contributed by atoms with van der Waals surface area (Å²) in [5.74, 6) is 7.86. The van der Waals surface area contributed by atoms with E-state index < -0.39 is 5.97 Å². The van der Waals surface area contributed by atoms with Crippen LogP contribution in [0.3, 0.4) is 0 Å². The maximum Gasteiger partial charge on any atom is 0.303 e. The van der Waals surface area contributed by atoms with E-state index >= 15 is 0 Å². The monoisotopic (exact) mass is 371 g/mol. The SMILES string of the molecule is CC1CCCC1c1cccc2cc(C3=NC(CCC(=O)O)CS3)n(N)c12. The molecular formula is C20H25N3O2S. The topological polar surface area (TPSA) is 80.6 Å². The molecule has 1 saturated carbocycles. The van der Waals surface area contributed by atoms with Crippen LogP contribution in [0.25, 0.3) is 10.9 Å². The van der Waals surface area contributed by atoms with Crippen LogP contribution in [-0.4, -0.2) is 32.6 Å². The summed E-state index contributed by atoms with van der Waals surface area (Å²) in [6.07, 6.45) is 4.55. The molecule has 0 bridgehead atoms. The summed E-state index contributed by atoms with van der Waals surface area (Å²) in [6, 6.07) is 8.67. The first kappa shape index (κ1) is 17.5. The minimum Gasteiger partial charge on any atom is -0.481 e. The van der Waals surface area contributed by atoms with Gasteiger partial charge in [-0.05, 0) is 36.3 Å². The number of aliphatic carboxylic acids is 1. The number of nitrogens with two attached hydrogens (primary N) is 1. The third-order valence-corrected chi connectivity index (χ3v) is 6.91. The van der Waals surface area contributed by atoms with Crippen molar-refractivity contribution >= 4 is 33.7 Å². The second kappa shape index (κ2) is 6.99. The van der Waals surface area contributed by atoms with Crippen LogP contribution in [0.2, 0.25) is 0 Å². The zero-order chi connectivity index (χ0) is 18.3. The Morgan fingerprint density at radius 2 is 2.27 bits per heavy atom. The van der Waals surface area contributed by atoms with Gasteiger partial charge in [0.05, 0.1) is 17.3 Å². The van der Waals surface area contributed by atoms with Crippen LogP contribution in [0.5, 0.6) is 0 Å². The number of fused-ring (bicyclic) bond motifs is 1. The number of aromatic nitrogens is 1. The fourth-order valence-electron chi connectivity index (χ4n) is 4.38. The first-order valence-electron chi connectivity index (χ1n) is 9.37. The Kier molecular flexibility index (Phi) is 4.69. The molecule has 138 valence electrons. The lowest BCUT2D eigenvalue weighted by Crippen LogP contribution is -2.16. The number of nitrogen functional groups attached to an aromatic ring is 1. The Balaban J connectivity index is 1.68. The van der Waals surface area contributed by atoms with Crippen LogP contribution < -0.4 is 5.84 Å².